The van der Waals surface area contributed by atoms with Crippen LogP contribution < -0.4 is 10.2 Å². The van der Waals surface area contributed by atoms with E-state index in [1.807, 2.05) is 24.3 Å². The number of nitrogens with zero attached hydrogens (tertiary/aromatic N) is 1. The molecular weight excluding hydrogens is 240 g/mol. The van der Waals surface area contributed by atoms with Gasteiger partial charge >= 0.3 is 0 Å². The second kappa shape index (κ2) is 5.87. The highest BCUT2D eigenvalue weighted by Gasteiger charge is 2.27. The number of rotatable bonds is 4. The van der Waals surface area contributed by atoms with Gasteiger partial charge in [-0.15, -0.1) is 0 Å². The Bertz CT molecular complexity index is 468. The Kier molecular flexibility index (Phi) is 4.20. The molecule has 2 rings (SSSR count). The topological polar surface area (TPSA) is 49.4 Å². The Morgan fingerprint density at radius 3 is 2.53 bits per heavy atom. The Labute approximate surface area is 113 Å². The molecule has 4 heteroatoms. The minimum atomic E-state index is -0.191. The van der Waals surface area contributed by atoms with Crippen molar-refractivity contribution in [1.82, 2.24) is 5.32 Å². The molecule has 1 aromatic rings. The average Bonchev–Trinajstić information content (AvgIpc) is 2.39. The molecular formula is C15H20N2O2. The van der Waals surface area contributed by atoms with Crippen molar-refractivity contribution in [2.24, 2.45) is 0 Å². The second-order valence-electron chi connectivity index (χ2n) is 5.02. The zero-order chi connectivity index (χ0) is 13.8. The first-order valence-corrected chi connectivity index (χ1v) is 6.76. The molecule has 1 aliphatic rings. The molecule has 1 saturated heterocycles. The number of benzene rings is 1. The normalized spacial score (nSPS) is 19.2. The van der Waals surface area contributed by atoms with Gasteiger partial charge in [-0.2, -0.15) is 0 Å². The fourth-order valence-corrected chi connectivity index (χ4v) is 2.44. The Morgan fingerprint density at radius 2 is 1.95 bits per heavy atom. The van der Waals surface area contributed by atoms with Crippen LogP contribution in [0, 0.1) is 0 Å². The van der Waals surface area contributed by atoms with Crippen LogP contribution in [0.3, 0.4) is 0 Å². The van der Waals surface area contributed by atoms with Gasteiger partial charge in [0.05, 0.1) is 5.92 Å². The highest BCUT2D eigenvalue weighted by molar-refractivity contribution is 6.00. The van der Waals surface area contributed by atoms with E-state index in [1.54, 1.807) is 0 Å². The van der Waals surface area contributed by atoms with Crippen LogP contribution in [0.15, 0.2) is 24.3 Å². The van der Waals surface area contributed by atoms with Gasteiger partial charge in [0, 0.05) is 25.7 Å². The molecule has 1 aromatic carbocycles. The maximum absolute atomic E-state index is 11.8. The third-order valence-corrected chi connectivity index (χ3v) is 3.53. The van der Waals surface area contributed by atoms with E-state index < -0.39 is 0 Å². The molecule has 1 N–H and O–H groups in total. The van der Waals surface area contributed by atoms with Crippen molar-refractivity contribution in [3.05, 3.63) is 29.8 Å². The summed E-state index contributed by atoms with van der Waals surface area (Å²) >= 11 is 0. The molecule has 0 saturated carbocycles. The van der Waals surface area contributed by atoms with Gasteiger partial charge in [0.15, 0.2) is 0 Å². The second-order valence-corrected chi connectivity index (χ2v) is 5.02. The minimum absolute atomic E-state index is 0.166. The summed E-state index contributed by atoms with van der Waals surface area (Å²) in [5.41, 5.74) is 2.14. The summed E-state index contributed by atoms with van der Waals surface area (Å²) in [7, 11) is 2.06. The minimum Gasteiger partial charge on any atom is -0.375 e. The van der Waals surface area contributed by atoms with Crippen LogP contribution in [-0.2, 0) is 9.59 Å². The van der Waals surface area contributed by atoms with E-state index >= 15 is 0 Å². The summed E-state index contributed by atoms with van der Waals surface area (Å²) in [6.45, 7) is 3.16. The largest absolute Gasteiger partial charge is 0.375 e. The van der Waals surface area contributed by atoms with Crippen molar-refractivity contribution in [2.75, 3.05) is 18.5 Å². The third-order valence-electron chi connectivity index (χ3n) is 3.53. The van der Waals surface area contributed by atoms with Gasteiger partial charge in [0.2, 0.25) is 11.8 Å². The summed E-state index contributed by atoms with van der Waals surface area (Å²) < 4.78 is 0. The van der Waals surface area contributed by atoms with Crippen molar-refractivity contribution in [2.45, 2.75) is 32.1 Å². The van der Waals surface area contributed by atoms with E-state index in [-0.39, 0.29) is 17.7 Å². The number of amides is 2. The lowest BCUT2D eigenvalue weighted by Crippen LogP contribution is -2.39. The fraction of sp³-hybridized carbons (Fsp3) is 0.467. The Morgan fingerprint density at radius 1 is 1.26 bits per heavy atom. The highest BCUT2D eigenvalue weighted by atomic mass is 16.2. The molecule has 0 aliphatic carbocycles. The lowest BCUT2D eigenvalue weighted by molar-refractivity contribution is -0.134. The van der Waals surface area contributed by atoms with Gasteiger partial charge in [-0.3, -0.25) is 14.9 Å². The molecule has 1 atom stereocenters. The summed E-state index contributed by atoms with van der Waals surface area (Å²) in [6, 6.07) is 8.05. The number of carbonyl (C=O) groups excluding carboxylic acids is 2. The SMILES string of the molecule is CCCN(C)c1ccc(C2CCC(=O)NC2=O)cc1. The molecule has 1 aliphatic heterocycles. The van der Waals surface area contributed by atoms with Crippen LogP contribution in [0.25, 0.3) is 0 Å². The maximum atomic E-state index is 11.8. The quantitative estimate of drug-likeness (QED) is 0.843. The maximum Gasteiger partial charge on any atom is 0.234 e. The highest BCUT2D eigenvalue weighted by Crippen LogP contribution is 2.26. The Balaban J connectivity index is 2.10. The number of piperidine rings is 1. The molecule has 1 fully saturated rings. The van der Waals surface area contributed by atoms with E-state index in [1.165, 1.54) is 0 Å². The molecule has 4 nitrogen and oxygen atoms in total. The zero-order valence-electron chi connectivity index (χ0n) is 11.5. The summed E-state index contributed by atoms with van der Waals surface area (Å²) in [4.78, 5) is 25.1. The predicted octanol–water partition coefficient (Wildman–Crippen LogP) is 2.05. The molecule has 0 bridgehead atoms. The third kappa shape index (κ3) is 3.13. The summed E-state index contributed by atoms with van der Waals surface area (Å²) in [5, 5.41) is 2.40. The van der Waals surface area contributed by atoms with Crippen LogP contribution >= 0.6 is 0 Å². The number of hydrogen-bond acceptors (Lipinski definition) is 3. The molecule has 2 amide bonds. The van der Waals surface area contributed by atoms with Crippen LogP contribution in [-0.4, -0.2) is 25.4 Å². The number of nitrogens with one attached hydrogen (secondary N) is 1. The standard InChI is InChI=1S/C15H20N2O2/c1-3-10-17(2)12-6-4-11(5-7-12)13-8-9-14(18)16-15(13)19/h4-7,13H,3,8-10H2,1-2H3,(H,16,18,19). The molecule has 0 radical (unpaired) electrons. The van der Waals surface area contributed by atoms with Crippen LogP contribution in [0.5, 0.6) is 0 Å². The van der Waals surface area contributed by atoms with E-state index in [9.17, 15) is 9.59 Å². The van der Waals surface area contributed by atoms with Crippen molar-refractivity contribution in [3.63, 3.8) is 0 Å². The first kappa shape index (κ1) is 13.6. The van der Waals surface area contributed by atoms with Gasteiger partial charge in [0.25, 0.3) is 0 Å². The van der Waals surface area contributed by atoms with Gasteiger partial charge < -0.3 is 4.90 Å². The number of hydrogen-bond donors (Lipinski definition) is 1. The van der Waals surface area contributed by atoms with Gasteiger partial charge in [-0.1, -0.05) is 19.1 Å². The molecule has 1 heterocycles. The summed E-state index contributed by atoms with van der Waals surface area (Å²) in [5.74, 6) is -0.533. The van der Waals surface area contributed by atoms with E-state index in [2.05, 4.69) is 24.2 Å². The number of anilines is 1. The van der Waals surface area contributed by atoms with Crippen molar-refractivity contribution in [3.8, 4) is 0 Å². The smallest absolute Gasteiger partial charge is 0.234 e. The molecule has 102 valence electrons. The van der Waals surface area contributed by atoms with Crippen molar-refractivity contribution >= 4 is 17.5 Å². The molecule has 19 heavy (non-hydrogen) atoms. The Hall–Kier alpha value is -1.84. The van der Waals surface area contributed by atoms with Crippen LogP contribution in [0.1, 0.15) is 37.7 Å². The van der Waals surface area contributed by atoms with E-state index in [0.29, 0.717) is 12.8 Å². The van der Waals surface area contributed by atoms with Crippen LogP contribution in [0.4, 0.5) is 5.69 Å². The van der Waals surface area contributed by atoms with Gasteiger partial charge in [0.1, 0.15) is 0 Å². The van der Waals surface area contributed by atoms with Gasteiger partial charge in [-0.05, 0) is 30.5 Å². The van der Waals surface area contributed by atoms with Gasteiger partial charge in [-0.25, -0.2) is 0 Å². The monoisotopic (exact) mass is 260 g/mol. The lowest BCUT2D eigenvalue weighted by Gasteiger charge is -2.23. The molecule has 1 unspecified atom stereocenters. The average molecular weight is 260 g/mol. The van der Waals surface area contributed by atoms with Crippen molar-refractivity contribution in [1.29, 1.82) is 0 Å². The van der Waals surface area contributed by atoms with E-state index in [0.717, 1.165) is 24.2 Å². The molecule has 0 spiro atoms. The zero-order valence-corrected chi connectivity index (χ0v) is 11.5. The van der Waals surface area contributed by atoms with Crippen molar-refractivity contribution < 1.29 is 9.59 Å². The van der Waals surface area contributed by atoms with Crippen LogP contribution in [0.2, 0.25) is 0 Å². The predicted molar refractivity (Wildman–Crippen MR) is 75.1 cm³/mol. The first-order chi connectivity index (χ1) is 9.11. The number of carbonyl (C=O) groups is 2. The molecule has 0 aromatic heterocycles. The van der Waals surface area contributed by atoms with E-state index in [4.69, 9.17) is 0 Å². The fourth-order valence-electron chi connectivity index (χ4n) is 2.44. The summed E-state index contributed by atoms with van der Waals surface area (Å²) in [6.07, 6.45) is 2.13. The first-order valence-electron chi connectivity index (χ1n) is 6.76. The lowest BCUT2D eigenvalue weighted by atomic mass is 9.90. The number of imide groups is 1.